The first-order valence-electron chi connectivity index (χ1n) is 2.97. The van der Waals surface area contributed by atoms with E-state index < -0.39 is 12.1 Å². The molecule has 0 atom stereocenters. The van der Waals surface area contributed by atoms with Crippen molar-refractivity contribution in [2.24, 2.45) is 0 Å². The van der Waals surface area contributed by atoms with Gasteiger partial charge in [0.1, 0.15) is 5.71 Å². The van der Waals surface area contributed by atoms with Gasteiger partial charge in [-0.25, -0.2) is 8.78 Å². The molecule has 0 saturated heterocycles. The maximum Gasteiger partial charge on any atom is 0.280 e. The highest BCUT2D eigenvalue weighted by Crippen LogP contribution is 2.03. The fourth-order valence-electron chi connectivity index (χ4n) is 0.628. The molecule has 3 heteroatoms. The molecule has 0 aliphatic carbocycles. The van der Waals surface area contributed by atoms with E-state index in [2.05, 4.69) is 12.1 Å². The van der Waals surface area contributed by atoms with Crippen molar-refractivity contribution < 1.29 is 8.78 Å². The van der Waals surface area contributed by atoms with Gasteiger partial charge in [0.05, 0.1) is 5.56 Å². The Kier molecular flexibility index (Phi) is 2.17. The Bertz CT molecular complexity index is 244. The standard InChI is InChI=1S/C8H5F2N/c9-8(10)7(11)6-4-2-1-3-5-6/h1-2,4,8,11H. The van der Waals surface area contributed by atoms with Crippen LogP contribution in [0.4, 0.5) is 8.78 Å². The Morgan fingerprint density at radius 2 is 2.27 bits per heavy atom. The van der Waals surface area contributed by atoms with Crippen molar-refractivity contribution in [3.63, 3.8) is 0 Å². The van der Waals surface area contributed by atoms with Crippen LogP contribution in [0.15, 0.2) is 18.2 Å². The molecule has 0 aromatic heterocycles. The normalized spacial score (nSPS) is 9.36. The topological polar surface area (TPSA) is 23.9 Å². The molecule has 11 heavy (non-hydrogen) atoms. The third-order valence-electron chi connectivity index (χ3n) is 1.16. The van der Waals surface area contributed by atoms with Gasteiger partial charge in [-0.15, -0.1) is 0 Å². The molecule has 0 unspecified atom stereocenters. The van der Waals surface area contributed by atoms with E-state index in [1.165, 1.54) is 6.07 Å². The predicted molar refractivity (Wildman–Crippen MR) is 36.9 cm³/mol. The summed E-state index contributed by atoms with van der Waals surface area (Å²) in [6, 6.07) is 9.41. The molecule has 0 amide bonds. The van der Waals surface area contributed by atoms with Crippen molar-refractivity contribution in [1.29, 1.82) is 5.41 Å². The minimum absolute atomic E-state index is 0.0995. The zero-order chi connectivity index (χ0) is 8.27. The summed E-state index contributed by atoms with van der Waals surface area (Å²) in [5.74, 6) is 0. The van der Waals surface area contributed by atoms with Crippen LogP contribution < -0.4 is 0 Å². The number of hydrogen-bond donors (Lipinski definition) is 1. The first-order valence-corrected chi connectivity index (χ1v) is 2.97. The van der Waals surface area contributed by atoms with Crippen molar-refractivity contribution >= 4 is 5.71 Å². The molecule has 1 N–H and O–H groups in total. The van der Waals surface area contributed by atoms with E-state index >= 15 is 0 Å². The summed E-state index contributed by atoms with van der Waals surface area (Å²) in [5.41, 5.74) is -0.607. The van der Waals surface area contributed by atoms with Crippen molar-refractivity contribution in [3.05, 3.63) is 35.9 Å². The quantitative estimate of drug-likeness (QED) is 0.627. The summed E-state index contributed by atoms with van der Waals surface area (Å²) in [7, 11) is 0. The van der Waals surface area contributed by atoms with Gasteiger partial charge in [0, 0.05) is 0 Å². The Morgan fingerprint density at radius 3 is 2.73 bits per heavy atom. The SMILES string of the molecule is N=C(c1c#cccc1)C(F)F. The number of rotatable bonds is 2. The van der Waals surface area contributed by atoms with E-state index in [-0.39, 0.29) is 5.56 Å². The fourth-order valence-corrected chi connectivity index (χ4v) is 0.628. The van der Waals surface area contributed by atoms with Crippen LogP contribution in [0.25, 0.3) is 0 Å². The van der Waals surface area contributed by atoms with Gasteiger partial charge in [0.15, 0.2) is 0 Å². The monoisotopic (exact) mass is 153 g/mol. The minimum Gasteiger partial charge on any atom is -0.298 e. The van der Waals surface area contributed by atoms with Gasteiger partial charge in [-0.2, -0.15) is 0 Å². The third kappa shape index (κ3) is 1.74. The van der Waals surface area contributed by atoms with Crippen LogP contribution in [0.3, 0.4) is 0 Å². The molecule has 1 aromatic rings. The van der Waals surface area contributed by atoms with Crippen LogP contribution >= 0.6 is 0 Å². The smallest absolute Gasteiger partial charge is 0.280 e. The maximum absolute atomic E-state index is 11.9. The fraction of sp³-hybridized carbons (Fsp3) is 0.125. The van der Waals surface area contributed by atoms with Gasteiger partial charge in [-0.1, -0.05) is 18.2 Å². The van der Waals surface area contributed by atoms with E-state index in [1.807, 2.05) is 0 Å². The van der Waals surface area contributed by atoms with Crippen LogP contribution in [-0.2, 0) is 0 Å². The van der Waals surface area contributed by atoms with Gasteiger partial charge in [-0.05, 0) is 12.1 Å². The molecular formula is C8H5F2N. The minimum atomic E-state index is -2.73. The molecule has 0 aliphatic heterocycles. The summed E-state index contributed by atoms with van der Waals surface area (Å²) in [5, 5.41) is 6.88. The largest absolute Gasteiger partial charge is 0.298 e. The van der Waals surface area contributed by atoms with Gasteiger partial charge in [0.2, 0.25) is 0 Å². The highest BCUT2D eigenvalue weighted by atomic mass is 19.3. The molecule has 1 aromatic carbocycles. The second-order valence-electron chi connectivity index (χ2n) is 1.92. The number of nitrogens with one attached hydrogen (secondary N) is 1. The molecule has 0 saturated carbocycles. The van der Waals surface area contributed by atoms with Gasteiger partial charge in [-0.3, -0.25) is 5.41 Å². The average Bonchev–Trinajstić information content (AvgIpc) is 2.05. The first-order chi connectivity index (χ1) is 5.22. The molecule has 1 rings (SSSR count). The maximum atomic E-state index is 11.9. The van der Waals surface area contributed by atoms with Crippen LogP contribution in [0.2, 0.25) is 0 Å². The summed E-state index contributed by atoms with van der Waals surface area (Å²) in [4.78, 5) is 0. The van der Waals surface area contributed by atoms with Crippen molar-refractivity contribution in [3.8, 4) is 0 Å². The highest BCUT2D eigenvalue weighted by Gasteiger charge is 2.11. The molecule has 0 bridgehead atoms. The van der Waals surface area contributed by atoms with Gasteiger partial charge < -0.3 is 0 Å². The van der Waals surface area contributed by atoms with Crippen LogP contribution in [0.1, 0.15) is 5.56 Å². The second-order valence-corrected chi connectivity index (χ2v) is 1.92. The Balaban J connectivity index is 2.86. The zero-order valence-corrected chi connectivity index (χ0v) is 5.57. The van der Waals surface area contributed by atoms with Crippen LogP contribution in [0.5, 0.6) is 0 Å². The number of hydrogen-bond acceptors (Lipinski definition) is 1. The van der Waals surface area contributed by atoms with Gasteiger partial charge in [0.25, 0.3) is 6.43 Å². The van der Waals surface area contributed by atoms with E-state index in [0.29, 0.717) is 0 Å². The lowest BCUT2D eigenvalue weighted by molar-refractivity contribution is 0.225. The van der Waals surface area contributed by atoms with Crippen LogP contribution in [-0.4, -0.2) is 12.1 Å². The Hall–Kier alpha value is -1.43. The summed E-state index contributed by atoms with van der Waals surface area (Å²) < 4.78 is 23.7. The van der Waals surface area contributed by atoms with E-state index in [9.17, 15) is 8.78 Å². The molecular weight excluding hydrogens is 148 g/mol. The number of halogens is 2. The second kappa shape index (κ2) is 3.11. The number of alkyl halides is 2. The molecule has 0 radical (unpaired) electrons. The predicted octanol–water partition coefficient (Wildman–Crippen LogP) is 1.92. The van der Waals surface area contributed by atoms with Crippen LogP contribution in [0, 0.1) is 17.5 Å². The van der Waals surface area contributed by atoms with E-state index in [0.717, 1.165) is 0 Å². The lowest BCUT2D eigenvalue weighted by Crippen LogP contribution is -2.09. The highest BCUT2D eigenvalue weighted by molar-refractivity contribution is 5.99. The average molecular weight is 153 g/mol. The summed E-state index contributed by atoms with van der Waals surface area (Å²) in [6.45, 7) is 0. The Labute approximate surface area is 63.2 Å². The van der Waals surface area contributed by atoms with Crippen molar-refractivity contribution in [2.45, 2.75) is 6.43 Å². The Morgan fingerprint density at radius 1 is 1.55 bits per heavy atom. The third-order valence-corrected chi connectivity index (χ3v) is 1.16. The molecule has 1 nitrogen and oxygen atoms in total. The van der Waals surface area contributed by atoms with E-state index in [1.54, 1.807) is 12.1 Å². The lowest BCUT2D eigenvalue weighted by Gasteiger charge is -1.97. The molecule has 0 fully saturated rings. The molecule has 56 valence electrons. The summed E-state index contributed by atoms with van der Waals surface area (Å²) >= 11 is 0. The summed E-state index contributed by atoms with van der Waals surface area (Å²) in [6.07, 6.45) is -2.73. The van der Waals surface area contributed by atoms with E-state index in [4.69, 9.17) is 5.41 Å². The zero-order valence-electron chi connectivity index (χ0n) is 5.57. The van der Waals surface area contributed by atoms with Crippen molar-refractivity contribution in [2.75, 3.05) is 0 Å². The molecule has 0 heterocycles. The molecule has 0 spiro atoms. The van der Waals surface area contributed by atoms with Crippen molar-refractivity contribution in [1.82, 2.24) is 0 Å². The molecule has 0 aliphatic rings. The lowest BCUT2D eigenvalue weighted by atomic mass is 10.2. The van der Waals surface area contributed by atoms with Gasteiger partial charge >= 0.3 is 0 Å². The first kappa shape index (κ1) is 7.67.